The third kappa shape index (κ3) is 8.25. The first kappa shape index (κ1) is 22.9. The number of rotatable bonds is 14. The van der Waals surface area contributed by atoms with Crippen molar-refractivity contribution in [1.29, 1.82) is 0 Å². The Bertz CT molecular complexity index is 700. The van der Waals surface area contributed by atoms with E-state index in [2.05, 4.69) is 5.16 Å². The van der Waals surface area contributed by atoms with Gasteiger partial charge < -0.3 is 23.5 Å². The molecule has 0 fully saturated rings. The first-order valence-corrected chi connectivity index (χ1v) is 9.98. The number of esters is 1. The quantitative estimate of drug-likeness (QED) is 0.347. The molecule has 1 aromatic carbocycles. The van der Waals surface area contributed by atoms with Crippen LogP contribution in [0.25, 0.3) is 0 Å². The lowest BCUT2D eigenvalue weighted by Crippen LogP contribution is -2.19. The third-order valence-corrected chi connectivity index (χ3v) is 4.35. The number of hydrogen-bond acceptors (Lipinski definition) is 7. The summed E-state index contributed by atoms with van der Waals surface area (Å²) in [6.07, 6.45) is 1.71. The van der Waals surface area contributed by atoms with Crippen LogP contribution in [0.1, 0.15) is 43.9 Å². The van der Waals surface area contributed by atoms with E-state index in [-0.39, 0.29) is 11.9 Å². The van der Waals surface area contributed by atoms with Gasteiger partial charge in [0, 0.05) is 12.7 Å². The normalized spacial score (nSPS) is 12.1. The lowest BCUT2D eigenvalue weighted by Gasteiger charge is -2.14. The molecule has 0 aliphatic rings. The molecule has 2 rings (SSSR count). The van der Waals surface area contributed by atoms with Crippen molar-refractivity contribution in [3.05, 3.63) is 47.7 Å². The number of ether oxygens (including phenoxy) is 4. The van der Waals surface area contributed by atoms with Crippen molar-refractivity contribution in [3.8, 4) is 5.88 Å². The number of carbonyl (C=O) groups excluding carboxylic acids is 1. The van der Waals surface area contributed by atoms with E-state index in [4.69, 9.17) is 23.5 Å². The van der Waals surface area contributed by atoms with E-state index in [0.717, 1.165) is 18.4 Å². The summed E-state index contributed by atoms with van der Waals surface area (Å²) in [5.41, 5.74) is 1.16. The number of carbonyl (C=O) groups is 1. The minimum Gasteiger partial charge on any atom is -0.476 e. The Labute approximate surface area is 172 Å². The topological polar surface area (TPSA) is 80.0 Å². The Morgan fingerprint density at radius 1 is 1.03 bits per heavy atom. The van der Waals surface area contributed by atoms with Crippen LogP contribution in [0, 0.1) is 5.92 Å². The fourth-order valence-electron chi connectivity index (χ4n) is 2.80. The van der Waals surface area contributed by atoms with Crippen LogP contribution in [-0.4, -0.2) is 44.7 Å². The highest BCUT2D eigenvalue weighted by molar-refractivity contribution is 5.77. The molecule has 7 nitrogen and oxygen atoms in total. The molecular formula is C22H31NO6. The van der Waals surface area contributed by atoms with Crippen LogP contribution in [0.3, 0.4) is 0 Å². The highest BCUT2D eigenvalue weighted by Crippen LogP contribution is 2.28. The summed E-state index contributed by atoms with van der Waals surface area (Å²) in [6.45, 7) is 6.76. The van der Waals surface area contributed by atoms with Gasteiger partial charge in [-0.15, -0.1) is 0 Å². The summed E-state index contributed by atoms with van der Waals surface area (Å²) in [4.78, 5) is 11.9. The van der Waals surface area contributed by atoms with Gasteiger partial charge in [0.25, 0.3) is 5.88 Å². The number of unbranched alkanes of at least 4 members (excludes halogenated alkanes) is 1. The predicted molar refractivity (Wildman–Crippen MR) is 108 cm³/mol. The molecule has 2 aromatic rings. The molecule has 0 radical (unpaired) electrons. The lowest BCUT2D eigenvalue weighted by molar-refractivity contribution is -0.144. The molecule has 0 N–H and O–H groups in total. The Kier molecular flexibility index (Phi) is 10.2. The molecule has 1 heterocycles. The Hall–Kier alpha value is -2.38. The van der Waals surface area contributed by atoms with E-state index in [1.165, 1.54) is 7.11 Å². The van der Waals surface area contributed by atoms with Gasteiger partial charge in [-0.05, 0) is 29.5 Å². The highest BCUT2D eigenvalue weighted by atomic mass is 16.5. The van der Waals surface area contributed by atoms with Crippen molar-refractivity contribution in [2.45, 2.75) is 39.2 Å². The molecule has 0 bridgehead atoms. The number of aromatic nitrogens is 1. The average Bonchev–Trinajstić information content (AvgIpc) is 3.18. The SMILES string of the molecule is COC(=O)C(c1cc(OCCCCOCCOCc2ccccc2)no1)C(C)C. The zero-order chi connectivity index (χ0) is 20.9. The second-order valence-electron chi connectivity index (χ2n) is 7.02. The number of benzene rings is 1. The zero-order valence-corrected chi connectivity index (χ0v) is 17.5. The van der Waals surface area contributed by atoms with E-state index < -0.39 is 5.92 Å². The first-order chi connectivity index (χ1) is 14.1. The summed E-state index contributed by atoms with van der Waals surface area (Å²) in [5, 5.41) is 3.88. The summed E-state index contributed by atoms with van der Waals surface area (Å²) < 4.78 is 26.8. The fourth-order valence-corrected chi connectivity index (χ4v) is 2.80. The molecule has 0 spiro atoms. The van der Waals surface area contributed by atoms with Crippen LogP contribution in [0.5, 0.6) is 5.88 Å². The summed E-state index contributed by atoms with van der Waals surface area (Å²) >= 11 is 0. The predicted octanol–water partition coefficient (Wildman–Crippen LogP) is 3.98. The van der Waals surface area contributed by atoms with E-state index in [9.17, 15) is 4.79 Å². The summed E-state index contributed by atoms with van der Waals surface area (Å²) in [5.74, 6) is 0.0532. The molecule has 0 saturated heterocycles. The van der Waals surface area contributed by atoms with Crippen molar-refractivity contribution in [2.75, 3.05) is 33.5 Å². The number of nitrogens with zero attached hydrogens (tertiary/aromatic N) is 1. The third-order valence-electron chi connectivity index (χ3n) is 4.35. The Morgan fingerprint density at radius 3 is 2.48 bits per heavy atom. The van der Waals surface area contributed by atoms with Crippen LogP contribution in [0.2, 0.25) is 0 Å². The van der Waals surface area contributed by atoms with Gasteiger partial charge in [-0.2, -0.15) is 0 Å². The van der Waals surface area contributed by atoms with Gasteiger partial charge in [0.15, 0.2) is 5.76 Å². The molecule has 1 atom stereocenters. The van der Waals surface area contributed by atoms with Gasteiger partial charge in [-0.3, -0.25) is 4.79 Å². The monoisotopic (exact) mass is 405 g/mol. The fraction of sp³-hybridized carbons (Fsp3) is 0.545. The van der Waals surface area contributed by atoms with Gasteiger partial charge in [0.05, 0.1) is 33.5 Å². The standard InChI is InChI=1S/C22H31NO6/c1-17(2)21(22(24)25-3)19-15-20(23-29-19)28-12-8-7-11-26-13-14-27-16-18-9-5-4-6-10-18/h4-6,9-10,15,17,21H,7-8,11-14,16H2,1-3H3. The molecule has 0 amide bonds. The first-order valence-electron chi connectivity index (χ1n) is 9.98. The van der Waals surface area contributed by atoms with E-state index in [1.807, 2.05) is 44.2 Å². The molecule has 29 heavy (non-hydrogen) atoms. The lowest BCUT2D eigenvalue weighted by atomic mass is 9.93. The van der Waals surface area contributed by atoms with Crippen LogP contribution in [-0.2, 0) is 25.6 Å². The van der Waals surface area contributed by atoms with Crippen molar-refractivity contribution in [2.24, 2.45) is 5.92 Å². The summed E-state index contributed by atoms with van der Waals surface area (Å²) in [6, 6.07) is 11.7. The number of methoxy groups -OCH3 is 1. The average molecular weight is 405 g/mol. The van der Waals surface area contributed by atoms with Crippen molar-refractivity contribution >= 4 is 5.97 Å². The molecule has 0 aliphatic carbocycles. The van der Waals surface area contributed by atoms with Gasteiger partial charge in [-0.25, -0.2) is 0 Å². The Morgan fingerprint density at radius 2 is 1.76 bits per heavy atom. The maximum Gasteiger partial charge on any atom is 0.316 e. The Balaban J connectivity index is 1.52. The van der Waals surface area contributed by atoms with Gasteiger partial charge >= 0.3 is 5.97 Å². The summed E-state index contributed by atoms with van der Waals surface area (Å²) in [7, 11) is 1.36. The molecule has 0 aliphatic heterocycles. The second kappa shape index (κ2) is 13.0. The van der Waals surface area contributed by atoms with E-state index in [1.54, 1.807) is 6.07 Å². The van der Waals surface area contributed by atoms with Gasteiger partial charge in [0.1, 0.15) is 5.92 Å². The van der Waals surface area contributed by atoms with E-state index >= 15 is 0 Å². The van der Waals surface area contributed by atoms with Crippen LogP contribution >= 0.6 is 0 Å². The van der Waals surface area contributed by atoms with Crippen molar-refractivity contribution in [1.82, 2.24) is 5.16 Å². The molecule has 0 saturated carbocycles. The molecule has 160 valence electrons. The molecule has 7 heteroatoms. The van der Waals surface area contributed by atoms with Crippen LogP contribution in [0.15, 0.2) is 40.9 Å². The zero-order valence-electron chi connectivity index (χ0n) is 17.5. The maximum atomic E-state index is 11.9. The smallest absolute Gasteiger partial charge is 0.316 e. The molecule has 1 unspecified atom stereocenters. The maximum absolute atomic E-state index is 11.9. The van der Waals surface area contributed by atoms with E-state index in [0.29, 0.717) is 44.7 Å². The second-order valence-corrected chi connectivity index (χ2v) is 7.02. The van der Waals surface area contributed by atoms with Crippen molar-refractivity contribution in [3.63, 3.8) is 0 Å². The van der Waals surface area contributed by atoms with Crippen LogP contribution in [0.4, 0.5) is 0 Å². The highest BCUT2D eigenvalue weighted by Gasteiger charge is 2.29. The van der Waals surface area contributed by atoms with Gasteiger partial charge in [-0.1, -0.05) is 44.2 Å². The largest absolute Gasteiger partial charge is 0.476 e. The molecule has 1 aromatic heterocycles. The van der Waals surface area contributed by atoms with Crippen LogP contribution < -0.4 is 4.74 Å². The minimum absolute atomic E-state index is 0.0390. The minimum atomic E-state index is -0.484. The van der Waals surface area contributed by atoms with Crippen molar-refractivity contribution < 1.29 is 28.3 Å². The molecular weight excluding hydrogens is 374 g/mol. The van der Waals surface area contributed by atoms with Gasteiger partial charge in [0.2, 0.25) is 0 Å². The number of hydrogen-bond donors (Lipinski definition) is 0.